The highest BCUT2D eigenvalue weighted by Crippen LogP contribution is 2.41. The molecule has 1 heterocycles. The minimum Gasteiger partial charge on any atom is -0.465 e. The van der Waals surface area contributed by atoms with Crippen LogP contribution >= 0.6 is 23.4 Å². The molecule has 4 rings (SSSR count). The van der Waals surface area contributed by atoms with Crippen molar-refractivity contribution < 1.29 is 19.1 Å². The number of carbonyl (C=O) groups excluding carboxylic acids is 3. The number of nitrogens with one attached hydrogen (secondary N) is 1. The van der Waals surface area contributed by atoms with Crippen molar-refractivity contribution in [3.05, 3.63) is 82.4 Å². The fourth-order valence-electron chi connectivity index (χ4n) is 3.38. The predicted molar refractivity (Wildman–Crippen MR) is 125 cm³/mol. The van der Waals surface area contributed by atoms with Crippen molar-refractivity contribution >= 4 is 52.5 Å². The summed E-state index contributed by atoms with van der Waals surface area (Å²) >= 11 is 7.47. The van der Waals surface area contributed by atoms with Gasteiger partial charge < -0.3 is 10.1 Å². The SMILES string of the molecule is COC(=O)c1ccc2c(c1)N(CC(=O)Nc1cc(Cl)ccc1C)C(=O)c1ccccc1S2. The van der Waals surface area contributed by atoms with E-state index in [4.69, 9.17) is 16.3 Å². The van der Waals surface area contributed by atoms with Gasteiger partial charge >= 0.3 is 5.97 Å². The van der Waals surface area contributed by atoms with Crippen molar-refractivity contribution in [3.8, 4) is 0 Å². The molecular weight excluding hydrogens is 448 g/mol. The molecule has 0 bridgehead atoms. The maximum absolute atomic E-state index is 13.5. The van der Waals surface area contributed by atoms with Gasteiger partial charge in [0.25, 0.3) is 5.91 Å². The summed E-state index contributed by atoms with van der Waals surface area (Å²) in [4.78, 5) is 41.4. The van der Waals surface area contributed by atoms with Crippen molar-refractivity contribution in [1.29, 1.82) is 0 Å². The Morgan fingerprint density at radius 2 is 1.84 bits per heavy atom. The average Bonchev–Trinajstić information content (AvgIpc) is 2.90. The summed E-state index contributed by atoms with van der Waals surface area (Å²) in [6.07, 6.45) is 0. The Morgan fingerprint density at radius 1 is 1.06 bits per heavy atom. The number of halogens is 1. The minimum atomic E-state index is -0.522. The van der Waals surface area contributed by atoms with Crippen LogP contribution < -0.4 is 10.2 Å². The van der Waals surface area contributed by atoms with E-state index in [0.29, 0.717) is 27.5 Å². The Balaban J connectivity index is 1.73. The van der Waals surface area contributed by atoms with Crippen LogP contribution in [0.5, 0.6) is 0 Å². The Bertz CT molecular complexity index is 1240. The van der Waals surface area contributed by atoms with Crippen LogP contribution in [0.3, 0.4) is 0 Å². The molecule has 0 aromatic heterocycles. The highest BCUT2D eigenvalue weighted by atomic mass is 35.5. The number of amides is 2. The first kappa shape index (κ1) is 21.9. The van der Waals surface area contributed by atoms with Crippen LogP contribution in [0.25, 0.3) is 0 Å². The van der Waals surface area contributed by atoms with Gasteiger partial charge in [0.15, 0.2) is 0 Å². The van der Waals surface area contributed by atoms with Crippen molar-refractivity contribution in [1.82, 2.24) is 0 Å². The zero-order chi connectivity index (χ0) is 22.8. The lowest BCUT2D eigenvalue weighted by Crippen LogP contribution is -2.38. The number of fused-ring (bicyclic) bond motifs is 2. The lowest BCUT2D eigenvalue weighted by molar-refractivity contribution is -0.114. The van der Waals surface area contributed by atoms with Gasteiger partial charge in [0.2, 0.25) is 5.91 Å². The molecule has 6 nitrogen and oxygen atoms in total. The summed E-state index contributed by atoms with van der Waals surface area (Å²) in [6, 6.07) is 17.4. The Kier molecular flexibility index (Phi) is 6.21. The lowest BCUT2D eigenvalue weighted by Gasteiger charge is -2.23. The number of carbonyl (C=O) groups is 3. The molecule has 162 valence electrons. The standard InChI is InChI=1S/C24H19ClN2O4S/c1-14-7-9-16(25)12-18(14)26-22(28)13-27-19-11-15(24(30)31-2)8-10-21(19)32-20-6-4-3-5-17(20)23(27)29/h3-12H,13H2,1-2H3,(H,26,28). The molecule has 3 aromatic carbocycles. The molecule has 0 spiro atoms. The molecule has 1 aliphatic rings. The van der Waals surface area contributed by atoms with E-state index in [0.717, 1.165) is 15.4 Å². The maximum Gasteiger partial charge on any atom is 0.337 e. The van der Waals surface area contributed by atoms with Crippen LogP contribution in [-0.4, -0.2) is 31.4 Å². The van der Waals surface area contributed by atoms with Gasteiger partial charge in [-0.25, -0.2) is 4.79 Å². The molecule has 1 aliphatic heterocycles. The van der Waals surface area contributed by atoms with E-state index in [2.05, 4.69) is 5.32 Å². The highest BCUT2D eigenvalue weighted by molar-refractivity contribution is 7.99. The van der Waals surface area contributed by atoms with Gasteiger partial charge in [-0.1, -0.05) is 41.6 Å². The smallest absolute Gasteiger partial charge is 0.337 e. The number of aryl methyl sites for hydroxylation is 1. The largest absolute Gasteiger partial charge is 0.465 e. The molecule has 0 saturated heterocycles. The first-order chi connectivity index (χ1) is 15.4. The third-order valence-corrected chi connectivity index (χ3v) is 6.40. The summed E-state index contributed by atoms with van der Waals surface area (Å²) in [7, 11) is 1.29. The normalized spacial score (nSPS) is 12.5. The summed E-state index contributed by atoms with van der Waals surface area (Å²) in [5.74, 6) is -1.24. The maximum atomic E-state index is 13.5. The van der Waals surface area contributed by atoms with Crippen LogP contribution in [0.4, 0.5) is 11.4 Å². The molecular formula is C24H19ClN2O4S. The molecule has 3 aromatic rings. The third kappa shape index (κ3) is 4.35. The van der Waals surface area contributed by atoms with E-state index in [-0.39, 0.29) is 18.4 Å². The molecule has 0 aliphatic carbocycles. The van der Waals surface area contributed by atoms with E-state index in [1.54, 1.807) is 48.5 Å². The molecule has 2 amide bonds. The quantitative estimate of drug-likeness (QED) is 0.536. The molecule has 0 saturated carbocycles. The third-order valence-electron chi connectivity index (χ3n) is 5.03. The molecule has 0 radical (unpaired) electrons. The highest BCUT2D eigenvalue weighted by Gasteiger charge is 2.29. The number of hydrogen-bond donors (Lipinski definition) is 1. The van der Waals surface area contributed by atoms with Crippen LogP contribution in [0.15, 0.2) is 70.5 Å². The number of hydrogen-bond acceptors (Lipinski definition) is 5. The Morgan fingerprint density at radius 3 is 2.62 bits per heavy atom. The number of ether oxygens (including phenoxy) is 1. The van der Waals surface area contributed by atoms with Gasteiger partial charge in [-0.2, -0.15) is 0 Å². The van der Waals surface area contributed by atoms with E-state index in [1.165, 1.54) is 23.8 Å². The van der Waals surface area contributed by atoms with Gasteiger partial charge in [0.05, 0.1) is 23.9 Å². The zero-order valence-corrected chi connectivity index (χ0v) is 18.9. The first-order valence-electron chi connectivity index (χ1n) is 9.74. The second-order valence-electron chi connectivity index (χ2n) is 7.17. The second kappa shape index (κ2) is 9.06. The number of esters is 1. The summed E-state index contributed by atoms with van der Waals surface area (Å²) in [6.45, 7) is 1.62. The minimum absolute atomic E-state index is 0.239. The summed E-state index contributed by atoms with van der Waals surface area (Å²) in [5, 5.41) is 3.32. The first-order valence-corrected chi connectivity index (χ1v) is 10.9. The van der Waals surface area contributed by atoms with E-state index >= 15 is 0 Å². The van der Waals surface area contributed by atoms with Crippen molar-refractivity contribution in [2.24, 2.45) is 0 Å². The molecule has 0 unspecified atom stereocenters. The van der Waals surface area contributed by atoms with Crippen LogP contribution in [0.1, 0.15) is 26.3 Å². The molecule has 0 fully saturated rings. The summed E-state index contributed by atoms with van der Waals surface area (Å²) < 4.78 is 4.83. The molecule has 32 heavy (non-hydrogen) atoms. The summed E-state index contributed by atoms with van der Waals surface area (Å²) in [5.41, 5.74) is 2.67. The number of benzene rings is 3. The Hall–Kier alpha value is -3.29. The average molecular weight is 467 g/mol. The monoisotopic (exact) mass is 466 g/mol. The number of anilines is 2. The molecule has 8 heteroatoms. The van der Waals surface area contributed by atoms with Crippen molar-refractivity contribution in [2.45, 2.75) is 16.7 Å². The van der Waals surface area contributed by atoms with Gasteiger partial charge in [0, 0.05) is 20.5 Å². The molecule has 1 N–H and O–H groups in total. The fourth-order valence-corrected chi connectivity index (χ4v) is 4.61. The van der Waals surface area contributed by atoms with E-state index in [1.807, 2.05) is 19.1 Å². The number of methoxy groups -OCH3 is 1. The van der Waals surface area contributed by atoms with Crippen LogP contribution in [-0.2, 0) is 9.53 Å². The lowest BCUT2D eigenvalue weighted by atomic mass is 10.1. The van der Waals surface area contributed by atoms with Gasteiger partial charge in [-0.15, -0.1) is 0 Å². The zero-order valence-electron chi connectivity index (χ0n) is 17.3. The fraction of sp³-hybridized carbons (Fsp3) is 0.125. The van der Waals surface area contributed by atoms with Gasteiger partial charge in [-0.05, 0) is 55.0 Å². The Labute approximate surface area is 194 Å². The predicted octanol–water partition coefficient (Wildman–Crippen LogP) is 5.19. The van der Waals surface area contributed by atoms with Crippen molar-refractivity contribution in [2.75, 3.05) is 23.9 Å². The van der Waals surface area contributed by atoms with E-state index < -0.39 is 5.97 Å². The van der Waals surface area contributed by atoms with Crippen LogP contribution in [0, 0.1) is 6.92 Å². The van der Waals surface area contributed by atoms with Crippen LogP contribution in [0.2, 0.25) is 5.02 Å². The van der Waals surface area contributed by atoms with Crippen molar-refractivity contribution in [3.63, 3.8) is 0 Å². The number of nitrogens with zero attached hydrogens (tertiary/aromatic N) is 1. The van der Waals surface area contributed by atoms with Gasteiger partial charge in [0.1, 0.15) is 6.54 Å². The van der Waals surface area contributed by atoms with Gasteiger partial charge in [-0.3, -0.25) is 14.5 Å². The second-order valence-corrected chi connectivity index (χ2v) is 8.69. The topological polar surface area (TPSA) is 75.7 Å². The van der Waals surface area contributed by atoms with E-state index in [9.17, 15) is 14.4 Å². The number of rotatable bonds is 4. The molecule has 0 atom stereocenters.